The van der Waals surface area contributed by atoms with Crippen LogP contribution in [0, 0.1) is 5.92 Å². The summed E-state index contributed by atoms with van der Waals surface area (Å²) in [5, 5.41) is 8.22. The molecule has 1 fully saturated rings. The Kier molecular flexibility index (Phi) is 2.70. The fourth-order valence-corrected chi connectivity index (χ4v) is 2.22. The number of H-pyrrole nitrogens is 1. The number of aromatic nitrogens is 5. The standard InChI is InChI=1S/C14H13N5O2/c20-12-3-1-2-10(16-12)13-17-14(21-18-13)11-6-7-15-19(11)8-9-4-5-9/h1-3,6-7,9H,4-5,8H2,(H,16,20). The molecule has 0 aliphatic heterocycles. The van der Waals surface area contributed by atoms with Crippen molar-refractivity contribution in [3.63, 3.8) is 0 Å². The zero-order valence-electron chi connectivity index (χ0n) is 11.2. The molecule has 0 atom stereocenters. The summed E-state index contributed by atoms with van der Waals surface area (Å²) in [6.45, 7) is 0.877. The monoisotopic (exact) mass is 283 g/mol. The zero-order chi connectivity index (χ0) is 14.2. The maximum atomic E-state index is 11.3. The summed E-state index contributed by atoms with van der Waals surface area (Å²) in [6, 6.07) is 6.68. The Bertz CT molecular complexity index is 828. The Hall–Kier alpha value is -2.70. The van der Waals surface area contributed by atoms with E-state index < -0.39 is 0 Å². The van der Waals surface area contributed by atoms with Crippen LogP contribution in [0.15, 0.2) is 39.8 Å². The van der Waals surface area contributed by atoms with Crippen molar-refractivity contribution in [1.82, 2.24) is 24.9 Å². The Balaban J connectivity index is 1.68. The average Bonchev–Trinajstić information content (AvgIpc) is 2.99. The van der Waals surface area contributed by atoms with Crippen molar-refractivity contribution in [3.05, 3.63) is 40.8 Å². The van der Waals surface area contributed by atoms with Gasteiger partial charge in [-0.05, 0) is 30.9 Å². The van der Waals surface area contributed by atoms with E-state index in [4.69, 9.17) is 4.52 Å². The molecular formula is C14H13N5O2. The Morgan fingerprint density at radius 1 is 1.33 bits per heavy atom. The lowest BCUT2D eigenvalue weighted by molar-refractivity contribution is 0.425. The van der Waals surface area contributed by atoms with E-state index >= 15 is 0 Å². The minimum absolute atomic E-state index is 0.197. The predicted molar refractivity (Wildman–Crippen MR) is 74.3 cm³/mol. The van der Waals surface area contributed by atoms with E-state index in [1.54, 1.807) is 18.3 Å². The van der Waals surface area contributed by atoms with Crippen molar-refractivity contribution in [2.24, 2.45) is 5.92 Å². The molecule has 0 bridgehead atoms. The van der Waals surface area contributed by atoms with Gasteiger partial charge in [-0.3, -0.25) is 9.48 Å². The van der Waals surface area contributed by atoms with E-state index in [9.17, 15) is 4.79 Å². The molecule has 3 aromatic rings. The summed E-state index contributed by atoms with van der Waals surface area (Å²) in [4.78, 5) is 18.3. The zero-order valence-corrected chi connectivity index (χ0v) is 11.2. The molecular weight excluding hydrogens is 270 g/mol. The quantitative estimate of drug-likeness (QED) is 0.787. The summed E-state index contributed by atoms with van der Waals surface area (Å²) < 4.78 is 7.19. The SMILES string of the molecule is O=c1cccc(-c2noc(-c3ccnn3CC3CC3)n2)[nH]1. The molecule has 3 aromatic heterocycles. The van der Waals surface area contributed by atoms with Crippen molar-refractivity contribution < 1.29 is 4.52 Å². The van der Waals surface area contributed by atoms with Gasteiger partial charge in [0, 0.05) is 18.8 Å². The molecule has 7 heteroatoms. The normalized spacial score (nSPS) is 14.5. The fourth-order valence-electron chi connectivity index (χ4n) is 2.22. The molecule has 0 saturated heterocycles. The second-order valence-electron chi connectivity index (χ2n) is 5.19. The maximum absolute atomic E-state index is 11.3. The van der Waals surface area contributed by atoms with Gasteiger partial charge >= 0.3 is 0 Å². The lowest BCUT2D eigenvalue weighted by Gasteiger charge is -2.01. The molecule has 1 aliphatic carbocycles. The average molecular weight is 283 g/mol. The minimum atomic E-state index is -0.197. The van der Waals surface area contributed by atoms with Gasteiger partial charge < -0.3 is 9.51 Å². The smallest absolute Gasteiger partial charge is 0.276 e. The third kappa shape index (κ3) is 2.37. The second kappa shape index (κ2) is 4.69. The van der Waals surface area contributed by atoms with Crippen molar-refractivity contribution in [3.8, 4) is 23.1 Å². The first-order valence-electron chi connectivity index (χ1n) is 6.85. The first-order valence-corrected chi connectivity index (χ1v) is 6.85. The molecule has 0 spiro atoms. The highest BCUT2D eigenvalue weighted by Crippen LogP contribution is 2.32. The Morgan fingerprint density at radius 3 is 3.05 bits per heavy atom. The first kappa shape index (κ1) is 12.1. The largest absolute Gasteiger partial charge is 0.332 e. The van der Waals surface area contributed by atoms with Crippen LogP contribution >= 0.6 is 0 Å². The summed E-state index contributed by atoms with van der Waals surface area (Å²) in [7, 11) is 0. The highest BCUT2D eigenvalue weighted by molar-refractivity contribution is 5.53. The highest BCUT2D eigenvalue weighted by Gasteiger charge is 2.24. The molecule has 106 valence electrons. The predicted octanol–water partition coefficient (Wildman–Crippen LogP) is 1.70. The van der Waals surface area contributed by atoms with Crippen LogP contribution in [0.25, 0.3) is 23.1 Å². The topological polar surface area (TPSA) is 89.6 Å². The van der Waals surface area contributed by atoms with E-state index in [0.29, 0.717) is 23.3 Å². The van der Waals surface area contributed by atoms with Gasteiger partial charge in [0.15, 0.2) is 0 Å². The maximum Gasteiger partial charge on any atom is 0.276 e. The van der Waals surface area contributed by atoms with Crippen LogP contribution < -0.4 is 5.56 Å². The minimum Gasteiger partial charge on any atom is -0.332 e. The molecule has 0 amide bonds. The highest BCUT2D eigenvalue weighted by atomic mass is 16.5. The molecule has 1 aliphatic rings. The lowest BCUT2D eigenvalue weighted by atomic mass is 10.3. The molecule has 0 radical (unpaired) electrons. The van der Waals surface area contributed by atoms with Gasteiger partial charge in [0.25, 0.3) is 5.89 Å². The van der Waals surface area contributed by atoms with Crippen LogP contribution in [0.1, 0.15) is 12.8 Å². The molecule has 0 aromatic carbocycles. The van der Waals surface area contributed by atoms with E-state index in [-0.39, 0.29) is 5.56 Å². The van der Waals surface area contributed by atoms with Gasteiger partial charge in [-0.1, -0.05) is 11.2 Å². The van der Waals surface area contributed by atoms with E-state index in [0.717, 1.165) is 12.2 Å². The molecule has 1 N–H and O–H groups in total. The van der Waals surface area contributed by atoms with E-state index in [1.165, 1.54) is 18.9 Å². The number of hydrogen-bond acceptors (Lipinski definition) is 5. The number of hydrogen-bond donors (Lipinski definition) is 1. The van der Waals surface area contributed by atoms with Crippen LogP contribution in [0.5, 0.6) is 0 Å². The van der Waals surface area contributed by atoms with Gasteiger partial charge in [-0.2, -0.15) is 10.1 Å². The van der Waals surface area contributed by atoms with Gasteiger partial charge in [-0.15, -0.1) is 0 Å². The van der Waals surface area contributed by atoms with Crippen molar-refractivity contribution >= 4 is 0 Å². The Labute approximate surface area is 119 Å². The van der Waals surface area contributed by atoms with E-state index in [2.05, 4.69) is 20.2 Å². The number of rotatable bonds is 4. The number of nitrogens with zero attached hydrogens (tertiary/aromatic N) is 4. The number of pyridine rings is 1. The molecule has 1 saturated carbocycles. The summed E-state index contributed by atoms with van der Waals surface area (Å²) in [6.07, 6.45) is 4.23. The Morgan fingerprint density at radius 2 is 2.24 bits per heavy atom. The van der Waals surface area contributed by atoms with Crippen LogP contribution in [0.3, 0.4) is 0 Å². The lowest BCUT2D eigenvalue weighted by Crippen LogP contribution is -2.04. The van der Waals surface area contributed by atoms with Crippen LogP contribution in [-0.4, -0.2) is 24.9 Å². The number of nitrogens with one attached hydrogen (secondary N) is 1. The summed E-state index contributed by atoms with van der Waals surface area (Å²) in [5.41, 5.74) is 1.14. The van der Waals surface area contributed by atoms with Crippen molar-refractivity contribution in [2.45, 2.75) is 19.4 Å². The summed E-state index contributed by atoms with van der Waals surface area (Å²) in [5.74, 6) is 1.48. The van der Waals surface area contributed by atoms with Crippen molar-refractivity contribution in [1.29, 1.82) is 0 Å². The van der Waals surface area contributed by atoms with Crippen LogP contribution in [0.2, 0.25) is 0 Å². The summed E-state index contributed by atoms with van der Waals surface area (Å²) >= 11 is 0. The third-order valence-corrected chi connectivity index (χ3v) is 3.50. The molecule has 3 heterocycles. The molecule has 21 heavy (non-hydrogen) atoms. The molecule has 7 nitrogen and oxygen atoms in total. The van der Waals surface area contributed by atoms with Gasteiger partial charge in [0.1, 0.15) is 5.69 Å². The fraction of sp³-hybridized carbons (Fsp3) is 0.286. The molecule has 4 rings (SSSR count). The van der Waals surface area contributed by atoms with Crippen molar-refractivity contribution in [2.75, 3.05) is 0 Å². The van der Waals surface area contributed by atoms with E-state index in [1.807, 2.05) is 10.7 Å². The molecule has 0 unspecified atom stereocenters. The van der Waals surface area contributed by atoms with Crippen LogP contribution in [0.4, 0.5) is 0 Å². The first-order chi connectivity index (χ1) is 10.3. The van der Waals surface area contributed by atoms with Crippen LogP contribution in [-0.2, 0) is 6.54 Å². The van der Waals surface area contributed by atoms with Gasteiger partial charge in [-0.25, -0.2) is 0 Å². The third-order valence-electron chi connectivity index (χ3n) is 3.50. The number of aromatic amines is 1. The van der Waals surface area contributed by atoms with Gasteiger partial charge in [0.2, 0.25) is 11.4 Å². The van der Waals surface area contributed by atoms with Gasteiger partial charge in [0.05, 0.1) is 5.69 Å². The second-order valence-corrected chi connectivity index (χ2v) is 5.19.